The number of pyridine rings is 1. The summed E-state index contributed by atoms with van der Waals surface area (Å²) in [6.07, 6.45) is 1.56. The van der Waals surface area contributed by atoms with Gasteiger partial charge in [0.2, 0.25) is 10.9 Å². The van der Waals surface area contributed by atoms with Crippen molar-refractivity contribution in [2.45, 2.75) is 6.92 Å². The summed E-state index contributed by atoms with van der Waals surface area (Å²) in [4.78, 5) is 4.08. The van der Waals surface area contributed by atoms with E-state index in [1.165, 1.54) is 12.1 Å². The molecule has 82 valence electrons. The zero-order valence-corrected chi connectivity index (χ0v) is 9.42. The monoisotopic (exact) mass is 238 g/mol. The van der Waals surface area contributed by atoms with Crippen molar-refractivity contribution in [3.05, 3.63) is 52.9 Å². The van der Waals surface area contributed by atoms with Gasteiger partial charge in [-0.25, -0.2) is 9.37 Å². The van der Waals surface area contributed by atoms with Crippen LogP contribution in [0.2, 0.25) is 5.02 Å². The van der Waals surface area contributed by atoms with Gasteiger partial charge in [-0.1, -0.05) is 0 Å². The number of hydrogen-bond donors (Lipinski definition) is 0. The van der Waals surface area contributed by atoms with Gasteiger partial charge in [-0.2, -0.15) is 0 Å². The van der Waals surface area contributed by atoms with Gasteiger partial charge in [0, 0.05) is 11.6 Å². The summed E-state index contributed by atoms with van der Waals surface area (Å²) in [5.41, 5.74) is 0.858. The number of benzene rings is 1. The van der Waals surface area contributed by atoms with Crippen LogP contribution in [-0.2, 0) is 0 Å². The zero-order valence-electron chi connectivity index (χ0n) is 8.61. The van der Waals surface area contributed by atoms with Crippen LogP contribution in [-0.4, -0.2) is 4.98 Å². The molecule has 0 saturated carbocycles. The van der Waals surface area contributed by atoms with Crippen molar-refractivity contribution in [3.8, 4) is 11.6 Å². The van der Waals surface area contributed by atoms with Gasteiger partial charge >= 0.3 is 0 Å². The molecule has 1 aromatic carbocycles. The molecule has 0 aliphatic heterocycles. The molecule has 0 amide bonds. The molecule has 0 unspecified atom stereocenters. The Morgan fingerprint density at radius 2 is 1.94 bits per heavy atom. The fraction of sp³-hybridized carbons (Fsp3) is 0.0833. The fourth-order valence-corrected chi connectivity index (χ4v) is 1.49. The highest BCUT2D eigenvalue weighted by atomic mass is 35.5. The molecule has 0 atom stereocenters. The summed E-state index contributed by atoms with van der Waals surface area (Å²) >= 11 is 4.97. The van der Waals surface area contributed by atoms with Crippen molar-refractivity contribution in [1.82, 2.24) is 4.98 Å². The fourth-order valence-electron chi connectivity index (χ4n) is 1.26. The predicted octanol–water partition coefficient (Wildman–Crippen LogP) is 3.02. The standard InChI is InChI=1S/C12H10ClFNO/c1-8-6-9(13)7-15-12(8)16-11-4-2-10(14)3-5-11/h2-7,13H,1H3/q+1. The van der Waals surface area contributed by atoms with Gasteiger partial charge in [0.05, 0.1) is 6.20 Å². The maximum atomic E-state index is 12.7. The third-order valence-corrected chi connectivity index (χ3v) is 2.26. The Labute approximate surface area is 97.7 Å². The largest absolute Gasteiger partial charge is 0.439 e. The minimum absolute atomic E-state index is 0.294. The molecule has 0 N–H and O–H groups in total. The lowest BCUT2D eigenvalue weighted by Crippen LogP contribution is -1.91. The molecule has 16 heavy (non-hydrogen) atoms. The quantitative estimate of drug-likeness (QED) is 0.802. The summed E-state index contributed by atoms with van der Waals surface area (Å²) in [5, 5.41) is 0.670. The predicted molar refractivity (Wildman–Crippen MR) is 56.0 cm³/mol. The maximum absolute atomic E-state index is 12.7. The lowest BCUT2D eigenvalue weighted by atomic mass is 10.3. The lowest BCUT2D eigenvalue weighted by molar-refractivity contribution is -0.289. The summed E-state index contributed by atoms with van der Waals surface area (Å²) in [7, 11) is 0. The van der Waals surface area contributed by atoms with Crippen molar-refractivity contribution < 1.29 is 20.7 Å². The van der Waals surface area contributed by atoms with Crippen LogP contribution < -0.4 is 4.74 Å². The van der Waals surface area contributed by atoms with E-state index in [1.807, 2.05) is 6.92 Å². The Balaban J connectivity index is 2.23. The van der Waals surface area contributed by atoms with Crippen LogP contribution in [0.15, 0.2) is 36.5 Å². The SMILES string of the molecule is Cc1cc([ClH+])cnc1Oc1ccc(F)cc1. The Bertz CT molecular complexity index is 499. The van der Waals surface area contributed by atoms with E-state index in [0.717, 1.165) is 5.56 Å². The van der Waals surface area contributed by atoms with Gasteiger partial charge in [0.15, 0.2) is 11.6 Å². The molecule has 2 rings (SSSR count). The molecule has 0 saturated heterocycles. The van der Waals surface area contributed by atoms with Crippen molar-refractivity contribution in [3.63, 3.8) is 0 Å². The van der Waals surface area contributed by atoms with Crippen molar-refractivity contribution >= 4 is 0 Å². The zero-order chi connectivity index (χ0) is 11.5. The van der Waals surface area contributed by atoms with E-state index >= 15 is 0 Å². The molecule has 0 aliphatic rings. The van der Waals surface area contributed by atoms with Crippen LogP contribution in [0, 0.1) is 24.3 Å². The number of aryl methyl sites for hydroxylation is 1. The number of rotatable bonds is 2. The first-order chi connectivity index (χ1) is 7.65. The minimum atomic E-state index is -0.294. The highest BCUT2D eigenvalue weighted by Crippen LogP contribution is 2.23. The average molecular weight is 239 g/mol. The molecule has 1 aromatic heterocycles. The van der Waals surface area contributed by atoms with Gasteiger partial charge in [0.25, 0.3) is 0 Å². The van der Waals surface area contributed by atoms with Crippen molar-refractivity contribution in [1.29, 1.82) is 0 Å². The molecule has 2 aromatic rings. The van der Waals surface area contributed by atoms with Crippen LogP contribution in [0.4, 0.5) is 4.39 Å². The Morgan fingerprint density at radius 1 is 1.25 bits per heavy atom. The molecular formula is C12H10ClFNO+. The Morgan fingerprint density at radius 3 is 2.56 bits per heavy atom. The van der Waals surface area contributed by atoms with E-state index in [9.17, 15) is 4.39 Å². The smallest absolute Gasteiger partial charge is 0.244 e. The molecule has 2 nitrogen and oxygen atoms in total. The van der Waals surface area contributed by atoms with Crippen LogP contribution in [0.1, 0.15) is 5.56 Å². The minimum Gasteiger partial charge on any atom is -0.439 e. The lowest BCUT2D eigenvalue weighted by Gasteiger charge is -2.06. The highest BCUT2D eigenvalue weighted by Gasteiger charge is 2.06. The van der Waals surface area contributed by atoms with Gasteiger partial charge in [-0.3, -0.25) is 0 Å². The van der Waals surface area contributed by atoms with Gasteiger partial charge in [-0.15, -0.1) is 0 Å². The average Bonchev–Trinajstić information content (AvgIpc) is 2.25. The number of hydrogen-bond acceptors (Lipinski definition) is 2. The molecule has 4 heteroatoms. The first kappa shape index (κ1) is 10.9. The summed E-state index contributed by atoms with van der Waals surface area (Å²) in [5.74, 6) is 0.743. The van der Waals surface area contributed by atoms with E-state index < -0.39 is 0 Å². The molecule has 0 spiro atoms. The topological polar surface area (TPSA) is 22.1 Å². The van der Waals surface area contributed by atoms with Crippen LogP contribution in [0.5, 0.6) is 11.6 Å². The van der Waals surface area contributed by atoms with Crippen LogP contribution >= 0.6 is 0 Å². The maximum Gasteiger partial charge on any atom is 0.244 e. The summed E-state index contributed by atoms with van der Waals surface area (Å²) in [6, 6.07) is 7.59. The molecular weight excluding hydrogens is 229 g/mol. The van der Waals surface area contributed by atoms with Crippen LogP contribution in [0.25, 0.3) is 0 Å². The van der Waals surface area contributed by atoms with Gasteiger partial charge in [0.1, 0.15) is 11.6 Å². The molecule has 0 fully saturated rings. The van der Waals surface area contributed by atoms with Gasteiger partial charge < -0.3 is 4.74 Å². The number of nitrogens with zero attached hydrogens (tertiary/aromatic N) is 1. The van der Waals surface area contributed by atoms with Crippen molar-refractivity contribution in [2.24, 2.45) is 0 Å². The number of ether oxygens (including phenoxy) is 1. The molecule has 1 heterocycles. The van der Waals surface area contributed by atoms with E-state index in [-0.39, 0.29) is 5.82 Å². The first-order valence-electron chi connectivity index (χ1n) is 4.72. The van der Waals surface area contributed by atoms with Crippen LogP contribution in [0.3, 0.4) is 0 Å². The Kier molecular flexibility index (Phi) is 3.06. The molecule has 0 radical (unpaired) electrons. The number of aromatic nitrogens is 1. The second-order valence-electron chi connectivity index (χ2n) is 3.35. The third-order valence-electron chi connectivity index (χ3n) is 2.03. The van der Waals surface area contributed by atoms with Crippen molar-refractivity contribution in [2.75, 3.05) is 0 Å². The summed E-state index contributed by atoms with van der Waals surface area (Å²) in [6.45, 7) is 1.86. The van der Waals surface area contributed by atoms with E-state index in [1.54, 1.807) is 24.4 Å². The summed E-state index contributed by atoms with van der Waals surface area (Å²) < 4.78 is 18.2. The normalized spacial score (nSPS) is 10.2. The van der Waals surface area contributed by atoms with E-state index in [2.05, 4.69) is 4.98 Å². The van der Waals surface area contributed by atoms with Gasteiger partial charge in [-0.05, 0) is 31.2 Å². The Hall–Kier alpha value is -1.61. The van der Waals surface area contributed by atoms with E-state index in [0.29, 0.717) is 16.7 Å². The number of halogens is 2. The molecule has 0 aliphatic carbocycles. The second kappa shape index (κ2) is 4.49. The highest BCUT2D eigenvalue weighted by molar-refractivity contribution is 5.32. The van der Waals surface area contributed by atoms with E-state index in [4.69, 9.17) is 16.3 Å². The molecule has 0 bridgehead atoms. The second-order valence-corrected chi connectivity index (χ2v) is 3.82. The first-order valence-corrected chi connectivity index (χ1v) is 5.13. The third kappa shape index (κ3) is 2.49.